The van der Waals surface area contributed by atoms with E-state index >= 15 is 0 Å². The first kappa shape index (κ1) is 11.7. The summed E-state index contributed by atoms with van der Waals surface area (Å²) in [6.07, 6.45) is 7.37. The summed E-state index contributed by atoms with van der Waals surface area (Å²) in [4.78, 5) is 12.2. The van der Waals surface area contributed by atoms with Gasteiger partial charge in [0.15, 0.2) is 0 Å². The number of terminal acetylenes is 1. The van der Waals surface area contributed by atoms with Crippen LogP contribution in [-0.2, 0) is 6.42 Å². The van der Waals surface area contributed by atoms with Crippen LogP contribution in [0.3, 0.4) is 0 Å². The standard InChI is InChI=1S/C10H13N3OS/c1-3-5-7-11-10(14)9-8(6-4-2)12-13-15-9/h1H,4-7H2,2H3,(H,11,14). The predicted molar refractivity (Wildman–Crippen MR) is 59.7 cm³/mol. The molecule has 0 bridgehead atoms. The molecule has 1 amide bonds. The zero-order chi connectivity index (χ0) is 11.1. The third kappa shape index (κ3) is 3.33. The van der Waals surface area contributed by atoms with Crippen LogP contribution in [-0.4, -0.2) is 22.0 Å². The second-order valence-corrected chi connectivity index (χ2v) is 3.76. The van der Waals surface area contributed by atoms with Gasteiger partial charge in [-0.15, -0.1) is 17.4 Å². The summed E-state index contributed by atoms with van der Waals surface area (Å²) in [7, 11) is 0. The van der Waals surface area contributed by atoms with Crippen molar-refractivity contribution >= 4 is 17.4 Å². The summed E-state index contributed by atoms with van der Waals surface area (Å²) in [6.45, 7) is 2.54. The Hall–Kier alpha value is -1.41. The van der Waals surface area contributed by atoms with Gasteiger partial charge in [0.1, 0.15) is 4.88 Å². The highest BCUT2D eigenvalue weighted by atomic mass is 32.1. The Morgan fingerprint density at radius 1 is 1.67 bits per heavy atom. The van der Waals surface area contributed by atoms with Crippen molar-refractivity contribution in [2.75, 3.05) is 6.54 Å². The predicted octanol–water partition coefficient (Wildman–Crippen LogP) is 1.24. The molecule has 0 spiro atoms. The molecule has 0 unspecified atom stereocenters. The van der Waals surface area contributed by atoms with Crippen LogP contribution >= 0.6 is 11.5 Å². The van der Waals surface area contributed by atoms with Crippen molar-refractivity contribution in [1.82, 2.24) is 14.9 Å². The first-order valence-corrected chi connectivity index (χ1v) is 5.59. The topological polar surface area (TPSA) is 54.9 Å². The summed E-state index contributed by atoms with van der Waals surface area (Å²) < 4.78 is 3.78. The maximum atomic E-state index is 11.6. The van der Waals surface area contributed by atoms with E-state index in [9.17, 15) is 4.79 Å². The molecule has 15 heavy (non-hydrogen) atoms. The molecule has 1 heterocycles. The van der Waals surface area contributed by atoms with Crippen LogP contribution in [0.1, 0.15) is 35.1 Å². The molecule has 1 rings (SSSR count). The second-order valence-electron chi connectivity index (χ2n) is 3.01. The number of amides is 1. The van der Waals surface area contributed by atoms with Crippen molar-refractivity contribution in [1.29, 1.82) is 0 Å². The Morgan fingerprint density at radius 3 is 3.13 bits per heavy atom. The third-order valence-electron chi connectivity index (χ3n) is 1.80. The minimum atomic E-state index is -0.122. The number of rotatable bonds is 5. The summed E-state index contributed by atoms with van der Waals surface area (Å²) >= 11 is 1.13. The van der Waals surface area contributed by atoms with Crippen LogP contribution in [0.2, 0.25) is 0 Å². The molecule has 0 aliphatic rings. The number of carbonyl (C=O) groups is 1. The van der Waals surface area contributed by atoms with Crippen LogP contribution in [0.15, 0.2) is 0 Å². The zero-order valence-electron chi connectivity index (χ0n) is 8.62. The van der Waals surface area contributed by atoms with Crippen LogP contribution in [0.4, 0.5) is 0 Å². The highest BCUT2D eigenvalue weighted by Gasteiger charge is 2.14. The van der Waals surface area contributed by atoms with Gasteiger partial charge in [0.05, 0.1) is 5.69 Å². The number of aryl methyl sites for hydroxylation is 1. The number of carbonyl (C=O) groups excluding carboxylic acids is 1. The van der Waals surface area contributed by atoms with Gasteiger partial charge in [-0.3, -0.25) is 4.79 Å². The zero-order valence-corrected chi connectivity index (χ0v) is 9.43. The Morgan fingerprint density at radius 2 is 2.47 bits per heavy atom. The largest absolute Gasteiger partial charge is 0.350 e. The van der Waals surface area contributed by atoms with Gasteiger partial charge in [0, 0.05) is 13.0 Å². The molecule has 0 aromatic carbocycles. The van der Waals surface area contributed by atoms with Crippen LogP contribution in [0, 0.1) is 12.3 Å². The number of nitrogens with one attached hydrogen (secondary N) is 1. The fraction of sp³-hybridized carbons (Fsp3) is 0.500. The molecular weight excluding hydrogens is 210 g/mol. The fourth-order valence-corrected chi connectivity index (χ4v) is 1.73. The second kappa shape index (κ2) is 6.14. The molecule has 4 nitrogen and oxygen atoms in total. The number of nitrogens with zero attached hydrogens (tertiary/aromatic N) is 2. The van der Waals surface area contributed by atoms with E-state index in [0.717, 1.165) is 30.1 Å². The van der Waals surface area contributed by atoms with E-state index in [4.69, 9.17) is 6.42 Å². The van der Waals surface area contributed by atoms with Crippen molar-refractivity contribution in [2.24, 2.45) is 0 Å². The van der Waals surface area contributed by atoms with Gasteiger partial charge in [-0.2, -0.15) is 0 Å². The molecule has 0 radical (unpaired) electrons. The van der Waals surface area contributed by atoms with Crippen LogP contribution in [0.5, 0.6) is 0 Å². The lowest BCUT2D eigenvalue weighted by atomic mass is 10.2. The minimum absolute atomic E-state index is 0.122. The van der Waals surface area contributed by atoms with Crippen molar-refractivity contribution in [3.05, 3.63) is 10.6 Å². The summed E-state index contributed by atoms with van der Waals surface area (Å²) in [5.41, 5.74) is 0.778. The fourth-order valence-electron chi connectivity index (χ4n) is 1.11. The minimum Gasteiger partial charge on any atom is -0.350 e. The van der Waals surface area contributed by atoms with Gasteiger partial charge >= 0.3 is 0 Å². The maximum Gasteiger partial charge on any atom is 0.264 e. The molecule has 0 saturated heterocycles. The van der Waals surface area contributed by atoms with Gasteiger partial charge in [0.2, 0.25) is 0 Å². The average Bonchev–Trinajstić information content (AvgIpc) is 2.67. The van der Waals surface area contributed by atoms with Crippen LogP contribution in [0.25, 0.3) is 0 Å². The Bertz CT molecular complexity index is 367. The van der Waals surface area contributed by atoms with Gasteiger partial charge in [0.25, 0.3) is 5.91 Å². The lowest BCUT2D eigenvalue weighted by Gasteiger charge is -2.01. The molecule has 0 atom stereocenters. The van der Waals surface area contributed by atoms with E-state index in [2.05, 4.69) is 20.8 Å². The average molecular weight is 223 g/mol. The molecule has 0 fully saturated rings. The molecule has 0 saturated carbocycles. The Balaban J connectivity index is 2.57. The van der Waals surface area contributed by atoms with E-state index in [1.54, 1.807) is 0 Å². The number of aromatic nitrogens is 2. The number of hydrogen-bond donors (Lipinski definition) is 1. The van der Waals surface area contributed by atoms with Crippen LogP contribution < -0.4 is 5.32 Å². The molecule has 80 valence electrons. The molecule has 1 N–H and O–H groups in total. The highest BCUT2D eigenvalue weighted by molar-refractivity contribution is 7.08. The van der Waals surface area contributed by atoms with Crippen molar-refractivity contribution in [3.63, 3.8) is 0 Å². The summed E-state index contributed by atoms with van der Waals surface area (Å²) in [6, 6.07) is 0. The molecule has 0 aliphatic heterocycles. The van der Waals surface area contributed by atoms with E-state index < -0.39 is 0 Å². The molecule has 1 aromatic heterocycles. The van der Waals surface area contributed by atoms with Crippen molar-refractivity contribution in [2.45, 2.75) is 26.2 Å². The smallest absolute Gasteiger partial charge is 0.264 e. The van der Waals surface area contributed by atoms with Gasteiger partial charge in [-0.25, -0.2) is 0 Å². The lowest BCUT2D eigenvalue weighted by molar-refractivity contribution is 0.0957. The maximum absolute atomic E-state index is 11.6. The monoisotopic (exact) mass is 223 g/mol. The molecular formula is C10H13N3OS. The normalized spacial score (nSPS) is 9.60. The van der Waals surface area contributed by atoms with Crippen molar-refractivity contribution < 1.29 is 4.79 Å². The van der Waals surface area contributed by atoms with E-state index in [-0.39, 0.29) is 5.91 Å². The van der Waals surface area contributed by atoms with E-state index in [1.165, 1.54) is 0 Å². The third-order valence-corrected chi connectivity index (χ3v) is 2.57. The SMILES string of the molecule is C#CCCNC(=O)c1snnc1CCC. The van der Waals surface area contributed by atoms with Crippen molar-refractivity contribution in [3.8, 4) is 12.3 Å². The summed E-state index contributed by atoms with van der Waals surface area (Å²) in [5, 5.41) is 6.66. The van der Waals surface area contributed by atoms with Gasteiger partial charge in [-0.05, 0) is 18.0 Å². The first-order valence-electron chi connectivity index (χ1n) is 4.82. The van der Waals surface area contributed by atoms with E-state index in [0.29, 0.717) is 17.8 Å². The Kier molecular flexibility index (Phi) is 4.78. The van der Waals surface area contributed by atoms with Gasteiger partial charge < -0.3 is 5.32 Å². The lowest BCUT2D eigenvalue weighted by Crippen LogP contribution is -2.24. The molecule has 5 heteroatoms. The quantitative estimate of drug-likeness (QED) is 0.603. The summed E-state index contributed by atoms with van der Waals surface area (Å²) in [5.74, 6) is 2.34. The molecule has 1 aromatic rings. The van der Waals surface area contributed by atoms with E-state index in [1.807, 2.05) is 6.92 Å². The Labute approximate surface area is 93.3 Å². The van der Waals surface area contributed by atoms with Gasteiger partial charge in [-0.1, -0.05) is 17.8 Å². The highest BCUT2D eigenvalue weighted by Crippen LogP contribution is 2.11. The first-order chi connectivity index (χ1) is 7.29. The number of hydrogen-bond acceptors (Lipinski definition) is 4. The molecule has 0 aliphatic carbocycles.